The van der Waals surface area contributed by atoms with E-state index in [-0.39, 0.29) is 125 Å². The molecule has 604 valence electrons. The molecule has 0 aromatic heterocycles. The van der Waals surface area contributed by atoms with E-state index >= 15 is 0 Å². The Morgan fingerprint density at radius 3 is 1.32 bits per heavy atom. The molecule has 9 amide bonds. The molecule has 1 aliphatic heterocycles. The van der Waals surface area contributed by atoms with Crippen molar-refractivity contribution in [3.63, 3.8) is 0 Å². The molecule has 11 atom stereocenters. The van der Waals surface area contributed by atoms with Crippen LogP contribution in [0.3, 0.4) is 0 Å². The van der Waals surface area contributed by atoms with E-state index in [1.54, 1.807) is 27.7 Å². The Balaban J connectivity index is 3.29. The molecule has 21 N–H and O–H groups in total. The number of guanidine groups is 2. The molecule has 1 heterocycles. The minimum Gasteiger partial charge on any atom is -0.388 e. The van der Waals surface area contributed by atoms with Crippen LogP contribution in [0.4, 0.5) is 0 Å². The number of ketones is 4. The molecular weight excluding hydrogens is 1360 g/mol. The number of hydrogen-bond acceptors (Lipinski definition) is 16. The summed E-state index contributed by atoms with van der Waals surface area (Å²) < 4.78 is 0. The van der Waals surface area contributed by atoms with E-state index in [0.29, 0.717) is 32.1 Å². The van der Waals surface area contributed by atoms with Gasteiger partial charge in [0.05, 0.1) is 36.4 Å². The van der Waals surface area contributed by atoms with Crippen molar-refractivity contribution >= 4 is 94.1 Å². The van der Waals surface area contributed by atoms with Crippen LogP contribution in [0.1, 0.15) is 275 Å². The van der Waals surface area contributed by atoms with Crippen LogP contribution in [-0.4, -0.2) is 161 Å². The molecule has 1 rings (SSSR count). The van der Waals surface area contributed by atoms with Crippen LogP contribution in [0.2, 0.25) is 0 Å². The average Bonchev–Trinajstić information content (AvgIpc) is 1.61. The molecule has 1 aliphatic rings. The largest absolute Gasteiger partial charge is 0.388 e. The maximum Gasteiger partial charge on any atom is 0.245 e. The van der Waals surface area contributed by atoms with Crippen LogP contribution < -0.4 is 72.0 Å². The summed E-state index contributed by atoms with van der Waals surface area (Å²) in [6.07, 6.45) is 16.0. The zero-order valence-electron chi connectivity index (χ0n) is 65.9. The first-order valence-corrected chi connectivity index (χ1v) is 39.1. The Hall–Kier alpha value is -8.08. The third-order valence-corrected chi connectivity index (χ3v) is 19.2. The van der Waals surface area contributed by atoms with Gasteiger partial charge < -0.3 is 76.9 Å². The molecule has 0 unspecified atom stereocenters. The first-order chi connectivity index (χ1) is 49.9. The topological polar surface area (TPSA) is 528 Å². The number of amidine groups is 1. The fourth-order valence-corrected chi connectivity index (χ4v) is 13.2. The van der Waals surface area contributed by atoms with Gasteiger partial charge in [-0.15, -0.1) is 0 Å². The summed E-state index contributed by atoms with van der Waals surface area (Å²) >= 11 is 0. The quantitative estimate of drug-likeness (QED) is 0.0214. The second-order valence-electron chi connectivity index (χ2n) is 30.8. The molecule has 30 nitrogen and oxygen atoms in total. The highest BCUT2D eigenvalue weighted by molar-refractivity contribution is 6.00. The molecular formula is C76H137N17O13. The van der Waals surface area contributed by atoms with Gasteiger partial charge in [-0.25, -0.2) is 0 Å². The number of carbonyl (C=O) groups is 13. The Kier molecular flexibility index (Phi) is 47.8. The van der Waals surface area contributed by atoms with Gasteiger partial charge in [-0.3, -0.25) is 77.7 Å². The number of primary amides is 2. The highest BCUT2D eigenvalue weighted by Gasteiger charge is 2.41. The Morgan fingerprint density at radius 2 is 0.858 bits per heavy atom. The fraction of sp³-hybridized carbons (Fsp3) is 0.789. The van der Waals surface area contributed by atoms with E-state index in [2.05, 4.69) is 48.8 Å². The van der Waals surface area contributed by atoms with Crippen molar-refractivity contribution in [2.75, 3.05) is 19.6 Å². The number of rotatable bonds is 60. The van der Waals surface area contributed by atoms with Gasteiger partial charge >= 0.3 is 0 Å². The van der Waals surface area contributed by atoms with Crippen LogP contribution in [0.15, 0.2) is 9.98 Å². The third kappa shape index (κ3) is 40.6. The number of nitrogens with one attached hydrogen (secondary N) is 7. The smallest absolute Gasteiger partial charge is 0.245 e. The SMILES string of the molecule is CCCCCCCCCCCCCCCC(=O)N[C@H](C(=O)N[C@@H](CCCCC(=N)N)C(=O)N1CCC[C@H]1C(=O)N[C@H](C(=O)C[C@@H](C)C(=O)N[C@@H](CC(N)=O)C(=O)C[C@@H](C)C(=O)N[C@@H](CCCN=C(N)N)C(=O)C[C@@H](CC(C)C)C(=O)N[C@@H](CCCN=C(N)N)C(=O)C[C@@H](CC(C)C)C(N)=O)C(C)C)C(C)C. The molecule has 0 aliphatic carbocycles. The van der Waals surface area contributed by atoms with E-state index in [9.17, 15) is 62.3 Å². The highest BCUT2D eigenvalue weighted by Crippen LogP contribution is 2.25. The minimum absolute atomic E-state index is 0.0140. The Morgan fingerprint density at radius 1 is 0.434 bits per heavy atom. The number of aliphatic imine (C=N–C) groups is 2. The minimum atomic E-state index is -1.56. The van der Waals surface area contributed by atoms with Gasteiger partial charge in [0.2, 0.25) is 53.2 Å². The van der Waals surface area contributed by atoms with Crippen molar-refractivity contribution in [2.24, 2.45) is 97.5 Å². The predicted molar refractivity (Wildman–Crippen MR) is 412 cm³/mol. The van der Waals surface area contributed by atoms with Crippen molar-refractivity contribution in [1.29, 1.82) is 5.41 Å². The first-order valence-electron chi connectivity index (χ1n) is 39.1. The molecule has 0 aromatic rings. The third-order valence-electron chi connectivity index (χ3n) is 19.2. The van der Waals surface area contributed by atoms with Crippen LogP contribution in [0.5, 0.6) is 0 Å². The average molecular weight is 1500 g/mol. The van der Waals surface area contributed by atoms with Gasteiger partial charge in [-0.1, -0.05) is 160 Å². The zero-order valence-corrected chi connectivity index (χ0v) is 65.9. The molecule has 0 radical (unpaired) electrons. The summed E-state index contributed by atoms with van der Waals surface area (Å²) in [4.78, 5) is 189. The van der Waals surface area contributed by atoms with Crippen molar-refractivity contribution in [2.45, 2.75) is 317 Å². The van der Waals surface area contributed by atoms with Gasteiger partial charge in [-0.2, -0.15) is 0 Å². The van der Waals surface area contributed by atoms with Gasteiger partial charge in [0.15, 0.2) is 35.1 Å². The molecule has 1 fully saturated rings. The van der Waals surface area contributed by atoms with Gasteiger partial charge in [0.1, 0.15) is 18.1 Å². The van der Waals surface area contributed by atoms with Crippen LogP contribution in [0, 0.1) is 52.8 Å². The lowest BCUT2D eigenvalue weighted by molar-refractivity contribution is -0.143. The van der Waals surface area contributed by atoms with E-state index in [4.69, 9.17) is 45.5 Å². The summed E-state index contributed by atoms with van der Waals surface area (Å²) in [6, 6.07) is -8.19. The summed E-state index contributed by atoms with van der Waals surface area (Å²) in [5.41, 5.74) is 39.1. The number of hydrogen-bond donors (Lipinski definition) is 14. The van der Waals surface area contributed by atoms with Crippen molar-refractivity contribution in [3.8, 4) is 0 Å². The van der Waals surface area contributed by atoms with Gasteiger partial charge in [-0.05, 0) is 94.3 Å². The van der Waals surface area contributed by atoms with Crippen molar-refractivity contribution < 1.29 is 62.3 Å². The van der Waals surface area contributed by atoms with Gasteiger partial charge in [0, 0.05) is 81.8 Å². The monoisotopic (exact) mass is 1500 g/mol. The van der Waals surface area contributed by atoms with Crippen molar-refractivity contribution in [1.82, 2.24) is 36.8 Å². The Bertz CT molecular complexity index is 2880. The lowest BCUT2D eigenvalue weighted by Crippen LogP contribution is -2.58. The molecule has 0 aromatic carbocycles. The summed E-state index contributed by atoms with van der Waals surface area (Å²) in [5, 5.41) is 24.4. The number of amides is 9. The van der Waals surface area contributed by atoms with E-state index in [1.807, 2.05) is 27.7 Å². The standard InChI is InChI=1S/C76H137N17O13/c1-12-13-14-15-16-17-18-19-20-21-22-23-24-35-65(99)91-67(49(8)9)73(105)89-56(30-25-26-34-63(77)78)74(106)93-38-29-33-58(93)72(104)92-66(48(6)7)62(97)42-51(11)70(102)90-57(45-64(79)98)59(94)41-50(10)69(101)87-54(31-27-36-85-75(81)82)61(96)44-53(40-47(4)5)71(103)88-55(32-28-37-86-76(83)84)60(95)43-52(68(80)100)39-46(2)3/h46-58,66-67H,12-45H2,1-11H3,(H3,77,78)(H2,79,98)(H2,80,100)(H,87,101)(H,88,103)(H,89,105)(H,90,102)(H,91,99)(H,92,104)(H4,81,82,85)(H4,83,84,86)/t50-,51-,52-,53-,54+,55+,56+,57+,58+,66+,67+/m1/s1. The molecule has 30 heteroatoms. The van der Waals surface area contributed by atoms with Crippen molar-refractivity contribution in [3.05, 3.63) is 0 Å². The zero-order chi connectivity index (χ0) is 80.2. The number of nitrogens with two attached hydrogens (primary N) is 7. The Labute approximate surface area is 630 Å². The summed E-state index contributed by atoms with van der Waals surface area (Å²) in [6.45, 7) is 19.8. The lowest BCUT2D eigenvalue weighted by atomic mass is 9.87. The van der Waals surface area contributed by atoms with Crippen LogP contribution in [-0.2, 0) is 62.3 Å². The second kappa shape index (κ2) is 52.8. The number of unbranched alkanes of at least 4 members (excludes halogenated alkanes) is 13. The number of likely N-dealkylation sites (tertiary alicyclic amines) is 1. The number of Topliss-reactive ketones (excluding diaryl/α,β-unsaturated/α-hetero) is 4. The fourth-order valence-electron chi connectivity index (χ4n) is 13.2. The molecule has 0 saturated carbocycles. The van der Waals surface area contributed by atoms with Crippen LogP contribution in [0.25, 0.3) is 0 Å². The lowest BCUT2D eigenvalue weighted by Gasteiger charge is -2.32. The summed E-state index contributed by atoms with van der Waals surface area (Å²) in [5.74, 6) is -13.7. The normalized spacial score (nSPS) is 15.7. The van der Waals surface area contributed by atoms with E-state index in [0.717, 1.165) is 19.3 Å². The molecule has 106 heavy (non-hydrogen) atoms. The molecule has 0 spiro atoms. The summed E-state index contributed by atoms with van der Waals surface area (Å²) in [7, 11) is 0. The number of carbonyl (C=O) groups excluding carboxylic acids is 13. The molecule has 1 saturated heterocycles. The van der Waals surface area contributed by atoms with Gasteiger partial charge in [0.25, 0.3) is 0 Å². The molecule has 0 bridgehead atoms. The van der Waals surface area contributed by atoms with Crippen LogP contribution >= 0.6 is 0 Å². The predicted octanol–water partition coefficient (Wildman–Crippen LogP) is 5.08. The highest BCUT2D eigenvalue weighted by atomic mass is 16.2. The van der Waals surface area contributed by atoms with E-state index in [1.165, 1.54) is 76.5 Å². The number of nitrogens with zero attached hydrogens (tertiary/aromatic N) is 3. The first kappa shape index (κ1) is 95.9. The second-order valence-corrected chi connectivity index (χ2v) is 30.8. The maximum atomic E-state index is 14.6. The van der Waals surface area contributed by atoms with E-state index < -0.39 is 168 Å². The maximum absolute atomic E-state index is 14.6.